The number of rotatable bonds is 5. The first-order chi connectivity index (χ1) is 12.6. The molecule has 26 heavy (non-hydrogen) atoms. The molecule has 0 bridgehead atoms. The van der Waals surface area contributed by atoms with Crippen molar-refractivity contribution in [2.24, 2.45) is 5.92 Å². The summed E-state index contributed by atoms with van der Waals surface area (Å²) in [5.41, 5.74) is 14.4. The highest BCUT2D eigenvalue weighted by Gasteiger charge is 2.35. The first kappa shape index (κ1) is 16.5. The lowest BCUT2D eigenvalue weighted by Crippen LogP contribution is -2.20. The Morgan fingerprint density at radius 1 is 1.19 bits per heavy atom. The van der Waals surface area contributed by atoms with Gasteiger partial charge in [0.15, 0.2) is 11.5 Å². The van der Waals surface area contributed by atoms with Crippen LogP contribution < -0.4 is 25.7 Å². The molecule has 7 heteroatoms. The monoisotopic (exact) mass is 354 g/mol. The van der Waals surface area contributed by atoms with Crippen LogP contribution in [0.4, 0.5) is 11.8 Å². The average Bonchev–Trinajstić information content (AvgIpc) is 3.48. The molecular weight excluding hydrogens is 332 g/mol. The van der Waals surface area contributed by atoms with E-state index in [1.54, 1.807) is 20.4 Å². The second-order valence-electron chi connectivity index (χ2n) is 6.61. The fourth-order valence-electron chi connectivity index (χ4n) is 3.29. The summed E-state index contributed by atoms with van der Waals surface area (Å²) < 4.78 is 17.4. The molecule has 1 aromatic heterocycles. The predicted octanol–water partition coefficient (Wildman–Crippen LogP) is 2.43. The summed E-state index contributed by atoms with van der Waals surface area (Å²) in [5.74, 6) is 3.08. The number of nitrogen functional groups attached to an aromatic ring is 2. The summed E-state index contributed by atoms with van der Waals surface area (Å²) in [6.45, 7) is 0. The van der Waals surface area contributed by atoms with E-state index in [0.29, 0.717) is 29.7 Å². The molecule has 136 valence electrons. The van der Waals surface area contributed by atoms with Crippen molar-refractivity contribution in [1.82, 2.24) is 9.97 Å². The van der Waals surface area contributed by atoms with E-state index < -0.39 is 0 Å². The summed E-state index contributed by atoms with van der Waals surface area (Å²) >= 11 is 0. The third-order valence-corrected chi connectivity index (χ3v) is 4.84. The standard InChI is InChI=1S/C19H22N4O3/c1-24-15-8-11(7-12-9-22-19(21)23-18(12)20)13-5-6-14(10-3-4-10)26-16(13)17(15)25-2/h5-6,8-10,14H,3-4,7H2,1-2H3,(H4,20,21,22,23)/t14-/m0/s1. The van der Waals surface area contributed by atoms with Gasteiger partial charge in [0.25, 0.3) is 0 Å². The molecule has 0 amide bonds. The first-order valence-electron chi connectivity index (χ1n) is 8.60. The Bertz CT molecular complexity index is 878. The van der Waals surface area contributed by atoms with Crippen molar-refractivity contribution in [3.05, 3.63) is 35.0 Å². The van der Waals surface area contributed by atoms with E-state index in [4.69, 9.17) is 25.7 Å². The number of nitrogens with zero attached hydrogens (tertiary/aromatic N) is 2. The fourth-order valence-corrected chi connectivity index (χ4v) is 3.29. The van der Waals surface area contributed by atoms with Crippen molar-refractivity contribution in [3.8, 4) is 17.2 Å². The number of aromatic nitrogens is 2. The minimum Gasteiger partial charge on any atom is -0.493 e. The van der Waals surface area contributed by atoms with Gasteiger partial charge in [0.1, 0.15) is 11.9 Å². The lowest BCUT2D eigenvalue weighted by Gasteiger charge is -2.26. The van der Waals surface area contributed by atoms with E-state index in [1.807, 2.05) is 6.07 Å². The molecule has 0 radical (unpaired) electrons. The third-order valence-electron chi connectivity index (χ3n) is 4.84. The maximum atomic E-state index is 6.27. The van der Waals surface area contributed by atoms with Crippen LogP contribution in [-0.2, 0) is 6.42 Å². The van der Waals surface area contributed by atoms with Crippen LogP contribution >= 0.6 is 0 Å². The highest BCUT2D eigenvalue weighted by molar-refractivity contribution is 5.72. The highest BCUT2D eigenvalue weighted by atomic mass is 16.5. The van der Waals surface area contributed by atoms with Crippen LogP contribution in [0.15, 0.2) is 18.3 Å². The maximum absolute atomic E-state index is 6.27. The SMILES string of the molecule is COc1cc(Cc2cnc(N)nc2N)c2c(c1OC)O[C@H](C1CC1)C=C2. The molecule has 1 aromatic carbocycles. The number of benzene rings is 1. The smallest absolute Gasteiger partial charge is 0.221 e. The topological polar surface area (TPSA) is 106 Å². The molecule has 2 aromatic rings. The number of ether oxygens (including phenoxy) is 3. The Labute approximate surface area is 152 Å². The van der Waals surface area contributed by atoms with Crippen molar-refractivity contribution in [2.45, 2.75) is 25.4 Å². The molecule has 0 spiro atoms. The van der Waals surface area contributed by atoms with E-state index in [9.17, 15) is 0 Å². The Hall–Kier alpha value is -2.96. The maximum Gasteiger partial charge on any atom is 0.221 e. The average molecular weight is 354 g/mol. The van der Waals surface area contributed by atoms with Crippen LogP contribution in [0.2, 0.25) is 0 Å². The second kappa shape index (κ2) is 6.40. The molecule has 4 N–H and O–H groups in total. The fraction of sp³-hybridized carbons (Fsp3) is 0.368. The molecule has 2 heterocycles. The molecule has 0 unspecified atom stereocenters. The molecule has 1 fully saturated rings. The Morgan fingerprint density at radius 3 is 2.65 bits per heavy atom. The number of hydrogen-bond donors (Lipinski definition) is 2. The number of fused-ring (bicyclic) bond motifs is 1. The summed E-state index contributed by atoms with van der Waals surface area (Å²) in [6.07, 6.45) is 8.90. The van der Waals surface area contributed by atoms with Gasteiger partial charge in [-0.1, -0.05) is 6.08 Å². The van der Waals surface area contributed by atoms with Crippen LogP contribution in [0.5, 0.6) is 17.2 Å². The summed E-state index contributed by atoms with van der Waals surface area (Å²) in [6, 6.07) is 1.94. The number of hydrogen-bond acceptors (Lipinski definition) is 7. The molecule has 1 atom stereocenters. The van der Waals surface area contributed by atoms with E-state index in [-0.39, 0.29) is 12.1 Å². The quantitative estimate of drug-likeness (QED) is 0.849. The Kier molecular flexibility index (Phi) is 4.06. The van der Waals surface area contributed by atoms with Gasteiger partial charge in [-0.3, -0.25) is 0 Å². The van der Waals surface area contributed by atoms with E-state index in [1.165, 1.54) is 12.8 Å². The normalized spacial score (nSPS) is 18.2. The first-order valence-corrected chi connectivity index (χ1v) is 8.60. The van der Waals surface area contributed by atoms with Crippen LogP contribution in [0.3, 0.4) is 0 Å². The minimum absolute atomic E-state index is 0.0845. The second-order valence-corrected chi connectivity index (χ2v) is 6.61. The largest absolute Gasteiger partial charge is 0.493 e. The van der Waals surface area contributed by atoms with Gasteiger partial charge in [0, 0.05) is 23.7 Å². The zero-order valence-corrected chi connectivity index (χ0v) is 14.9. The van der Waals surface area contributed by atoms with Gasteiger partial charge < -0.3 is 25.7 Å². The number of nitrogens with two attached hydrogens (primary N) is 2. The highest BCUT2D eigenvalue weighted by Crippen LogP contribution is 2.48. The summed E-state index contributed by atoms with van der Waals surface area (Å²) in [7, 11) is 3.24. The van der Waals surface area contributed by atoms with Crippen molar-refractivity contribution in [1.29, 1.82) is 0 Å². The zero-order valence-electron chi connectivity index (χ0n) is 14.9. The van der Waals surface area contributed by atoms with Crippen molar-refractivity contribution >= 4 is 17.8 Å². The minimum atomic E-state index is 0.0845. The van der Waals surface area contributed by atoms with Crippen molar-refractivity contribution in [2.75, 3.05) is 25.7 Å². The lowest BCUT2D eigenvalue weighted by atomic mass is 9.96. The van der Waals surface area contributed by atoms with Crippen LogP contribution in [0, 0.1) is 5.92 Å². The van der Waals surface area contributed by atoms with Crippen molar-refractivity contribution in [3.63, 3.8) is 0 Å². The van der Waals surface area contributed by atoms with E-state index >= 15 is 0 Å². The molecule has 4 rings (SSSR count). The lowest BCUT2D eigenvalue weighted by molar-refractivity contribution is 0.209. The molecule has 7 nitrogen and oxygen atoms in total. The third kappa shape index (κ3) is 2.89. The van der Waals surface area contributed by atoms with Crippen LogP contribution in [0.25, 0.3) is 6.08 Å². The zero-order chi connectivity index (χ0) is 18.3. The summed E-state index contributed by atoms with van der Waals surface area (Å²) in [4.78, 5) is 8.09. The van der Waals surface area contributed by atoms with Crippen molar-refractivity contribution < 1.29 is 14.2 Å². The predicted molar refractivity (Wildman–Crippen MR) is 99.4 cm³/mol. The van der Waals surface area contributed by atoms with E-state index in [0.717, 1.165) is 22.4 Å². The van der Waals surface area contributed by atoms with E-state index in [2.05, 4.69) is 22.1 Å². The molecule has 1 saturated carbocycles. The summed E-state index contributed by atoms with van der Waals surface area (Å²) in [5, 5.41) is 0. The van der Waals surface area contributed by atoms with Gasteiger partial charge in [0.2, 0.25) is 11.7 Å². The van der Waals surface area contributed by atoms with Gasteiger partial charge in [0.05, 0.1) is 14.2 Å². The van der Waals surface area contributed by atoms with Gasteiger partial charge in [-0.05, 0) is 36.5 Å². The van der Waals surface area contributed by atoms with Crippen LogP contribution in [-0.4, -0.2) is 30.3 Å². The number of methoxy groups -OCH3 is 2. The number of anilines is 2. The Morgan fingerprint density at radius 2 is 2.00 bits per heavy atom. The van der Waals surface area contributed by atoms with Gasteiger partial charge in [-0.25, -0.2) is 4.98 Å². The van der Waals surface area contributed by atoms with Gasteiger partial charge >= 0.3 is 0 Å². The molecule has 0 saturated heterocycles. The molecule has 1 aliphatic carbocycles. The van der Waals surface area contributed by atoms with Crippen LogP contribution in [0.1, 0.15) is 29.5 Å². The van der Waals surface area contributed by atoms with Gasteiger partial charge in [-0.2, -0.15) is 4.98 Å². The molecular formula is C19H22N4O3. The molecule has 2 aliphatic rings. The van der Waals surface area contributed by atoms with Gasteiger partial charge in [-0.15, -0.1) is 0 Å². The Balaban J connectivity index is 1.78. The molecule has 1 aliphatic heterocycles.